The van der Waals surface area contributed by atoms with Crippen molar-refractivity contribution in [1.29, 1.82) is 0 Å². The van der Waals surface area contributed by atoms with E-state index in [9.17, 15) is 14.0 Å². The molecule has 0 radical (unpaired) electrons. The molecule has 174 valence electrons. The standard InChI is InChI=1S/C26H26FN5O2/c1-18(25(33)30-13-11-20(12-14-30)15-19-5-3-2-4-6-19)31-17-28-24-23(26(31)34)16-29-32(24)22-9-7-21(27)8-10-22/h2-10,16-18,20H,11-15H2,1H3/t18-/m0/s1. The van der Waals surface area contributed by atoms with Gasteiger partial charge in [-0.05, 0) is 61.9 Å². The van der Waals surface area contributed by atoms with Crippen LogP contribution < -0.4 is 5.56 Å². The molecule has 8 heteroatoms. The average molecular weight is 460 g/mol. The van der Waals surface area contributed by atoms with Gasteiger partial charge < -0.3 is 4.90 Å². The lowest BCUT2D eigenvalue weighted by molar-refractivity contribution is -0.135. The number of likely N-dealkylation sites (tertiary alicyclic amines) is 1. The molecule has 1 aliphatic rings. The number of fused-ring (bicyclic) bond motifs is 1. The highest BCUT2D eigenvalue weighted by atomic mass is 19.1. The van der Waals surface area contributed by atoms with Gasteiger partial charge in [0, 0.05) is 13.1 Å². The first-order chi connectivity index (χ1) is 16.5. The molecule has 1 amide bonds. The Bertz CT molecular complexity index is 1360. The van der Waals surface area contributed by atoms with E-state index < -0.39 is 6.04 Å². The molecule has 0 aliphatic carbocycles. The van der Waals surface area contributed by atoms with Crippen molar-refractivity contribution in [1.82, 2.24) is 24.2 Å². The number of amides is 1. The van der Waals surface area contributed by atoms with Crippen molar-refractivity contribution >= 4 is 16.9 Å². The molecule has 2 aromatic carbocycles. The van der Waals surface area contributed by atoms with Crippen LogP contribution in [0, 0.1) is 11.7 Å². The highest BCUT2D eigenvalue weighted by molar-refractivity contribution is 5.81. The molecule has 1 atom stereocenters. The van der Waals surface area contributed by atoms with Crippen molar-refractivity contribution in [3.8, 4) is 5.69 Å². The number of nitrogens with zero attached hydrogens (tertiary/aromatic N) is 5. The topological polar surface area (TPSA) is 73.0 Å². The molecule has 0 N–H and O–H groups in total. The molecular formula is C26H26FN5O2. The van der Waals surface area contributed by atoms with E-state index in [2.05, 4.69) is 34.3 Å². The molecule has 4 aromatic rings. The van der Waals surface area contributed by atoms with E-state index in [1.807, 2.05) is 11.0 Å². The van der Waals surface area contributed by atoms with E-state index >= 15 is 0 Å². The van der Waals surface area contributed by atoms with Gasteiger partial charge in [-0.2, -0.15) is 5.10 Å². The van der Waals surface area contributed by atoms with E-state index in [1.165, 1.54) is 39.5 Å². The minimum Gasteiger partial charge on any atom is -0.341 e. The predicted molar refractivity (Wildman–Crippen MR) is 127 cm³/mol. The van der Waals surface area contributed by atoms with Gasteiger partial charge in [0.05, 0.1) is 11.9 Å². The molecule has 0 unspecified atom stereocenters. The van der Waals surface area contributed by atoms with Crippen molar-refractivity contribution in [2.45, 2.75) is 32.2 Å². The van der Waals surface area contributed by atoms with Gasteiger partial charge in [-0.3, -0.25) is 14.2 Å². The number of rotatable bonds is 5. The van der Waals surface area contributed by atoms with Gasteiger partial charge in [0.15, 0.2) is 5.65 Å². The van der Waals surface area contributed by atoms with Crippen molar-refractivity contribution in [3.05, 3.63) is 88.9 Å². The van der Waals surface area contributed by atoms with Crippen molar-refractivity contribution < 1.29 is 9.18 Å². The van der Waals surface area contributed by atoms with Crippen LogP contribution in [-0.4, -0.2) is 43.2 Å². The zero-order chi connectivity index (χ0) is 23.7. The second kappa shape index (κ2) is 9.21. The lowest BCUT2D eigenvalue weighted by atomic mass is 9.90. The number of aromatic nitrogens is 4. The summed E-state index contributed by atoms with van der Waals surface area (Å²) in [5.74, 6) is 0.124. The molecule has 0 bridgehead atoms. The Morgan fingerprint density at radius 1 is 1.09 bits per heavy atom. The van der Waals surface area contributed by atoms with Crippen molar-refractivity contribution in [2.24, 2.45) is 5.92 Å². The zero-order valence-corrected chi connectivity index (χ0v) is 19.0. The van der Waals surface area contributed by atoms with E-state index in [4.69, 9.17) is 0 Å². The summed E-state index contributed by atoms with van der Waals surface area (Å²) in [6.07, 6.45) is 5.76. The molecule has 0 spiro atoms. The molecule has 1 aliphatic heterocycles. The number of hydrogen-bond donors (Lipinski definition) is 0. The van der Waals surface area contributed by atoms with Crippen LogP contribution >= 0.6 is 0 Å². The SMILES string of the molecule is C[C@@H](C(=O)N1CCC(Cc2ccccc2)CC1)n1cnc2c(cnn2-c2ccc(F)cc2)c1=O. The first-order valence-electron chi connectivity index (χ1n) is 11.5. The molecule has 34 heavy (non-hydrogen) atoms. The Labute approximate surface area is 196 Å². The summed E-state index contributed by atoms with van der Waals surface area (Å²) in [4.78, 5) is 32.6. The molecule has 7 nitrogen and oxygen atoms in total. The Hall–Kier alpha value is -3.81. The van der Waals surface area contributed by atoms with Crippen LogP contribution in [0.5, 0.6) is 0 Å². The fourth-order valence-electron chi connectivity index (χ4n) is 4.66. The largest absolute Gasteiger partial charge is 0.341 e. The van der Waals surface area contributed by atoms with Crippen LogP contribution in [0.1, 0.15) is 31.4 Å². The minimum absolute atomic E-state index is 0.0765. The quantitative estimate of drug-likeness (QED) is 0.456. The maximum atomic E-state index is 13.3. The summed E-state index contributed by atoms with van der Waals surface area (Å²) in [6, 6.07) is 15.6. The second-order valence-corrected chi connectivity index (χ2v) is 8.86. The highest BCUT2D eigenvalue weighted by Gasteiger charge is 2.28. The molecule has 3 heterocycles. The van der Waals surface area contributed by atoms with Crippen LogP contribution in [0.2, 0.25) is 0 Å². The number of piperidine rings is 1. The first kappa shape index (κ1) is 22.0. The van der Waals surface area contributed by atoms with Crippen molar-refractivity contribution in [3.63, 3.8) is 0 Å². The first-order valence-corrected chi connectivity index (χ1v) is 11.5. The fraction of sp³-hybridized carbons (Fsp3) is 0.308. The lowest BCUT2D eigenvalue weighted by Crippen LogP contribution is -2.43. The number of carbonyl (C=O) groups excluding carboxylic acids is 1. The van der Waals surface area contributed by atoms with E-state index in [1.54, 1.807) is 19.1 Å². The second-order valence-electron chi connectivity index (χ2n) is 8.86. The Morgan fingerprint density at radius 2 is 1.79 bits per heavy atom. The molecular weight excluding hydrogens is 433 g/mol. The summed E-state index contributed by atoms with van der Waals surface area (Å²) in [7, 11) is 0. The van der Waals surface area contributed by atoms with Crippen LogP contribution in [0.4, 0.5) is 4.39 Å². The lowest BCUT2D eigenvalue weighted by Gasteiger charge is -2.34. The maximum absolute atomic E-state index is 13.3. The molecule has 2 aromatic heterocycles. The van der Waals surface area contributed by atoms with Gasteiger partial charge in [-0.15, -0.1) is 0 Å². The minimum atomic E-state index is -0.663. The predicted octanol–water partition coefficient (Wildman–Crippen LogP) is 3.76. The van der Waals surface area contributed by atoms with E-state index in [0.717, 1.165) is 19.3 Å². The Kier molecular flexibility index (Phi) is 5.96. The Balaban J connectivity index is 1.30. The van der Waals surface area contributed by atoms with Gasteiger partial charge in [-0.25, -0.2) is 14.1 Å². The summed E-state index contributed by atoms with van der Waals surface area (Å²) < 4.78 is 16.1. The smallest absolute Gasteiger partial charge is 0.265 e. The van der Waals surface area contributed by atoms with Crippen LogP contribution in [0.25, 0.3) is 16.7 Å². The third kappa shape index (κ3) is 4.23. The van der Waals surface area contributed by atoms with Gasteiger partial charge in [0.25, 0.3) is 5.56 Å². The number of halogens is 1. The summed E-state index contributed by atoms with van der Waals surface area (Å²) in [5.41, 5.74) is 1.98. The van der Waals surface area contributed by atoms with E-state index in [-0.39, 0.29) is 17.3 Å². The van der Waals surface area contributed by atoms with Gasteiger partial charge >= 0.3 is 0 Å². The summed E-state index contributed by atoms with van der Waals surface area (Å²) in [5, 5.41) is 4.57. The zero-order valence-electron chi connectivity index (χ0n) is 19.0. The molecule has 1 saturated heterocycles. The molecule has 1 fully saturated rings. The maximum Gasteiger partial charge on any atom is 0.265 e. The van der Waals surface area contributed by atoms with Crippen LogP contribution in [-0.2, 0) is 11.2 Å². The summed E-state index contributed by atoms with van der Waals surface area (Å²) in [6.45, 7) is 3.11. The van der Waals surface area contributed by atoms with Gasteiger partial charge in [0.2, 0.25) is 5.91 Å². The van der Waals surface area contributed by atoms with Crippen molar-refractivity contribution in [2.75, 3.05) is 13.1 Å². The fourth-order valence-corrected chi connectivity index (χ4v) is 4.66. The van der Waals surface area contributed by atoms with E-state index in [0.29, 0.717) is 35.7 Å². The van der Waals surface area contributed by atoms with Crippen LogP contribution in [0.15, 0.2) is 71.9 Å². The van der Waals surface area contributed by atoms with Crippen LogP contribution in [0.3, 0.4) is 0 Å². The normalized spacial score (nSPS) is 15.5. The number of carbonyl (C=O) groups is 1. The Morgan fingerprint density at radius 3 is 2.50 bits per heavy atom. The third-order valence-electron chi connectivity index (χ3n) is 6.65. The third-order valence-corrected chi connectivity index (χ3v) is 6.65. The molecule has 0 saturated carbocycles. The average Bonchev–Trinajstić information content (AvgIpc) is 3.30. The number of benzene rings is 2. The summed E-state index contributed by atoms with van der Waals surface area (Å²) >= 11 is 0. The van der Waals surface area contributed by atoms with Gasteiger partial charge in [0.1, 0.15) is 23.6 Å². The number of hydrogen-bond acceptors (Lipinski definition) is 4. The monoisotopic (exact) mass is 459 g/mol. The molecule has 5 rings (SSSR count). The van der Waals surface area contributed by atoms with Gasteiger partial charge in [-0.1, -0.05) is 30.3 Å². The highest BCUT2D eigenvalue weighted by Crippen LogP contribution is 2.23.